The zero-order chi connectivity index (χ0) is 51.4. The quantitative estimate of drug-likeness (QED) is 0.0493. The first kappa shape index (κ1) is 52.5. The Morgan fingerprint density at radius 2 is 1.55 bits per heavy atom. The number of aliphatic hydroxyl groups excluding tert-OH is 1. The smallest absolute Gasteiger partial charge is 0.251 e. The van der Waals surface area contributed by atoms with Gasteiger partial charge in [0.1, 0.15) is 30.0 Å². The Balaban J connectivity index is 0.847. The number of carbonyl (C=O) groups is 4. The summed E-state index contributed by atoms with van der Waals surface area (Å²) in [4.78, 5) is 61.4. The van der Waals surface area contributed by atoms with Crippen LogP contribution >= 0.6 is 22.9 Å². The number of likely N-dealkylation sites (tertiary alicyclic amines) is 1. The molecule has 2 heterocycles. The van der Waals surface area contributed by atoms with Gasteiger partial charge in [0.15, 0.2) is 0 Å². The van der Waals surface area contributed by atoms with Crippen LogP contribution in [0.15, 0.2) is 96.5 Å². The molecule has 14 nitrogen and oxygen atoms in total. The Morgan fingerprint density at radius 1 is 0.915 bits per heavy atom. The van der Waals surface area contributed by atoms with E-state index in [0.29, 0.717) is 35.0 Å². The molecule has 16 heteroatoms. The maximum atomic E-state index is 14.1. The molecule has 1 saturated heterocycles. The minimum absolute atomic E-state index is 0.0102. The van der Waals surface area contributed by atoms with Crippen molar-refractivity contribution in [3.63, 3.8) is 0 Å². The van der Waals surface area contributed by atoms with Crippen molar-refractivity contribution in [2.24, 2.45) is 16.2 Å². The van der Waals surface area contributed by atoms with E-state index in [-0.39, 0.29) is 66.2 Å². The molecule has 0 bridgehead atoms. The molecule has 6 N–H and O–H groups in total. The normalized spacial score (nSPS) is 19.9. The molecular formula is C55H65ClN8O6S. The molecular weight excluding hydrogens is 936 g/mol. The fourth-order valence-corrected chi connectivity index (χ4v) is 11.2. The molecule has 4 amide bonds. The van der Waals surface area contributed by atoms with Gasteiger partial charge in [0.25, 0.3) is 5.91 Å². The maximum Gasteiger partial charge on any atom is 0.251 e. The summed E-state index contributed by atoms with van der Waals surface area (Å²) >= 11 is 7.83. The minimum Gasteiger partial charge on any atom is -0.489 e. The molecule has 374 valence electrons. The monoisotopic (exact) mass is 1000 g/mol. The summed E-state index contributed by atoms with van der Waals surface area (Å²) < 4.78 is 6.37. The Labute approximate surface area is 425 Å². The fourth-order valence-electron chi connectivity index (χ4n) is 10.1. The number of nitrogens with zero attached hydrogens (tertiary/aromatic N) is 3. The number of thiazole rings is 1. The number of aryl methyl sites for hydroxylation is 1. The SMILES string of the molecule is Cc1ncsc1-c1ccc([C@H](C)NC(=O)[C@@H]2C[C@@H](O)CN2C(=O)[C@@H](NC(=O)CNCCNc2ccc(-c3ccc(C(=O)N[C@H]4C(C)(C)[C@H](Oc5ccc(C#N)c(Cl)c5)C4(C)C)cc3)cc2)C(C)(C)C)cc1. The average molecular weight is 1000 g/mol. The number of halogens is 1. The predicted octanol–water partition coefficient (Wildman–Crippen LogP) is 8.29. The van der Waals surface area contributed by atoms with Crippen LogP contribution in [0.5, 0.6) is 5.75 Å². The van der Waals surface area contributed by atoms with Crippen molar-refractivity contribution in [3.8, 4) is 33.4 Å². The van der Waals surface area contributed by atoms with Gasteiger partial charge in [0.2, 0.25) is 17.7 Å². The molecule has 0 unspecified atom stereocenters. The van der Waals surface area contributed by atoms with Gasteiger partial charge in [0, 0.05) is 60.2 Å². The van der Waals surface area contributed by atoms with Crippen LogP contribution in [-0.4, -0.2) is 95.1 Å². The van der Waals surface area contributed by atoms with E-state index >= 15 is 0 Å². The Morgan fingerprint density at radius 3 is 2.14 bits per heavy atom. The third-order valence-electron chi connectivity index (χ3n) is 13.8. The van der Waals surface area contributed by atoms with Gasteiger partial charge in [-0.1, -0.05) is 109 Å². The van der Waals surface area contributed by atoms with Crippen LogP contribution in [0.3, 0.4) is 0 Å². The molecule has 1 aromatic heterocycles. The van der Waals surface area contributed by atoms with Crippen LogP contribution in [0, 0.1) is 34.5 Å². The van der Waals surface area contributed by atoms with Crippen molar-refractivity contribution in [3.05, 3.63) is 124 Å². The van der Waals surface area contributed by atoms with E-state index in [1.165, 1.54) is 4.90 Å². The number of β-amino-alcohol motifs (C(OH)–C–C–N with tert-alkyl or cyclic N) is 1. The first-order valence-electron chi connectivity index (χ1n) is 24.0. The van der Waals surface area contributed by atoms with Crippen molar-refractivity contribution >= 4 is 52.3 Å². The van der Waals surface area contributed by atoms with E-state index in [2.05, 4.69) is 65.3 Å². The molecule has 0 radical (unpaired) electrons. The highest BCUT2D eigenvalue weighted by Gasteiger charge is 2.64. The van der Waals surface area contributed by atoms with E-state index in [1.54, 1.807) is 29.5 Å². The molecule has 2 aliphatic rings. The molecule has 2 fully saturated rings. The highest BCUT2D eigenvalue weighted by molar-refractivity contribution is 7.13. The van der Waals surface area contributed by atoms with Gasteiger partial charge < -0.3 is 41.3 Å². The number of nitriles is 1. The number of benzene rings is 4. The maximum absolute atomic E-state index is 14.1. The van der Waals surface area contributed by atoms with Gasteiger partial charge in [-0.2, -0.15) is 5.26 Å². The van der Waals surface area contributed by atoms with Crippen LogP contribution in [-0.2, 0) is 14.4 Å². The number of carbonyl (C=O) groups excluding carboxylic acids is 4. The Kier molecular flexibility index (Phi) is 16.0. The molecule has 1 saturated carbocycles. The first-order valence-corrected chi connectivity index (χ1v) is 25.2. The summed E-state index contributed by atoms with van der Waals surface area (Å²) in [7, 11) is 0. The minimum atomic E-state index is -0.938. The van der Waals surface area contributed by atoms with E-state index < -0.39 is 29.5 Å². The number of rotatable bonds is 17. The summed E-state index contributed by atoms with van der Waals surface area (Å²) in [5.74, 6) is -0.733. The van der Waals surface area contributed by atoms with Crippen LogP contribution in [0.2, 0.25) is 5.02 Å². The summed E-state index contributed by atoms with van der Waals surface area (Å²) in [5, 5.41) is 35.9. The highest BCUT2D eigenvalue weighted by Crippen LogP contribution is 2.55. The second kappa shape index (κ2) is 21.6. The van der Waals surface area contributed by atoms with Gasteiger partial charge in [0.05, 0.1) is 45.4 Å². The van der Waals surface area contributed by atoms with E-state index in [1.807, 2.05) is 113 Å². The molecule has 1 aliphatic carbocycles. The lowest BCUT2D eigenvalue weighted by atomic mass is 9.49. The second-order valence-corrected chi connectivity index (χ2v) is 22.2. The van der Waals surface area contributed by atoms with Gasteiger partial charge in [-0.3, -0.25) is 19.2 Å². The van der Waals surface area contributed by atoms with Crippen LogP contribution in [0.4, 0.5) is 5.69 Å². The van der Waals surface area contributed by atoms with Crippen LogP contribution in [0.1, 0.15) is 95.0 Å². The van der Waals surface area contributed by atoms with E-state index in [0.717, 1.165) is 38.5 Å². The highest BCUT2D eigenvalue weighted by atomic mass is 35.5. The molecule has 7 rings (SSSR count). The predicted molar refractivity (Wildman–Crippen MR) is 279 cm³/mol. The molecule has 4 atom stereocenters. The largest absolute Gasteiger partial charge is 0.489 e. The van der Waals surface area contributed by atoms with Crippen LogP contribution < -0.4 is 31.3 Å². The van der Waals surface area contributed by atoms with E-state index in [4.69, 9.17) is 16.3 Å². The Hall–Kier alpha value is -6.31. The summed E-state index contributed by atoms with van der Waals surface area (Å²) in [5.41, 5.74) is 7.05. The van der Waals surface area contributed by atoms with Crippen molar-refractivity contribution in [2.45, 2.75) is 105 Å². The van der Waals surface area contributed by atoms with Gasteiger partial charge in [-0.25, -0.2) is 4.98 Å². The zero-order valence-corrected chi connectivity index (χ0v) is 43.4. The summed E-state index contributed by atoms with van der Waals surface area (Å²) in [6.07, 6.45) is -0.986. The van der Waals surface area contributed by atoms with Crippen molar-refractivity contribution < 1.29 is 29.0 Å². The average Bonchev–Trinajstić information content (AvgIpc) is 3.96. The van der Waals surface area contributed by atoms with E-state index in [9.17, 15) is 29.5 Å². The summed E-state index contributed by atoms with van der Waals surface area (Å²) in [6, 6.07) is 28.2. The molecule has 1 aliphatic heterocycles. The fraction of sp³-hybridized carbons (Fsp3) is 0.418. The zero-order valence-electron chi connectivity index (χ0n) is 41.9. The molecule has 0 spiro atoms. The topological polar surface area (TPSA) is 198 Å². The standard InChI is InChI=1S/C55H65ClN8O6S/c1-32(34-10-14-37(15-11-34)46-33(2)60-31-71-46)61-49(68)44-26-41(65)30-64(44)50(69)47(53(3,4)5)62-45(66)29-58-24-25-59-40-21-18-36(19-22-40)35-12-16-38(17-13-35)48(67)63-51-54(6,7)52(55(51,8)9)70-42-23-20-39(28-57)43(56)27-42/h10-23,27,31-32,41,44,47,51-52,58-59,65H,24-26,29-30H2,1-9H3,(H,61,68)(H,62,66)(H,63,67)/t32-,41+,44-,47+,51-,52-/m0/s1. The molecule has 71 heavy (non-hydrogen) atoms. The van der Waals surface area contributed by atoms with Gasteiger partial charge in [-0.15, -0.1) is 11.3 Å². The van der Waals surface area contributed by atoms with Crippen molar-refractivity contribution in [1.82, 2.24) is 31.2 Å². The van der Waals surface area contributed by atoms with Gasteiger partial charge >= 0.3 is 0 Å². The number of amides is 4. The van der Waals surface area contributed by atoms with Crippen molar-refractivity contribution in [2.75, 3.05) is 31.5 Å². The number of hydrogen-bond donors (Lipinski definition) is 6. The number of aliphatic hydroxyl groups is 1. The lowest BCUT2D eigenvalue weighted by molar-refractivity contribution is -0.164. The first-order chi connectivity index (χ1) is 33.6. The number of anilines is 1. The lowest BCUT2D eigenvalue weighted by Crippen LogP contribution is -2.74. The lowest BCUT2D eigenvalue weighted by Gasteiger charge is -2.63. The van der Waals surface area contributed by atoms with Crippen LogP contribution in [0.25, 0.3) is 21.6 Å². The third-order valence-corrected chi connectivity index (χ3v) is 15.1. The number of nitrogens with one attached hydrogen (secondary N) is 5. The number of ether oxygens (including phenoxy) is 1. The number of hydrogen-bond acceptors (Lipinski definition) is 11. The Bertz CT molecular complexity index is 2750. The molecule has 5 aromatic rings. The summed E-state index contributed by atoms with van der Waals surface area (Å²) in [6.45, 7) is 18.7. The molecule has 4 aromatic carbocycles. The third kappa shape index (κ3) is 11.9. The number of aromatic nitrogens is 1. The van der Waals surface area contributed by atoms with Gasteiger partial charge in [-0.05, 0) is 77.9 Å². The second-order valence-electron chi connectivity index (χ2n) is 20.9. The van der Waals surface area contributed by atoms with Crippen molar-refractivity contribution in [1.29, 1.82) is 5.26 Å².